The lowest BCUT2D eigenvalue weighted by atomic mass is 10.2. The van der Waals surface area contributed by atoms with Crippen molar-refractivity contribution in [3.8, 4) is 11.5 Å². The Kier molecular flexibility index (Phi) is 6.89. The number of hydrogen-bond acceptors (Lipinski definition) is 7. The predicted molar refractivity (Wildman–Crippen MR) is 115 cm³/mol. The lowest BCUT2D eigenvalue weighted by Gasteiger charge is -2.14. The number of carbonyl (C=O) groups excluding carboxylic acids is 2. The van der Waals surface area contributed by atoms with Gasteiger partial charge < -0.3 is 19.8 Å². The third-order valence-electron chi connectivity index (χ3n) is 4.15. The molecule has 1 aromatic carbocycles. The summed E-state index contributed by atoms with van der Waals surface area (Å²) in [4.78, 5) is 33.5. The Morgan fingerprint density at radius 3 is 2.83 bits per heavy atom. The SMILES string of the molecule is COc1ccc(C=C2SC(=S)N(CC(=O)NCCc3cnc[nH]3)C2=O)cc1OC. The minimum absolute atomic E-state index is 0.114. The molecule has 1 aliphatic heterocycles. The van der Waals surface area contributed by atoms with E-state index in [2.05, 4.69) is 15.3 Å². The van der Waals surface area contributed by atoms with Crippen molar-refractivity contribution in [3.63, 3.8) is 0 Å². The lowest BCUT2D eigenvalue weighted by molar-refractivity contribution is -0.128. The number of aromatic amines is 1. The number of rotatable bonds is 8. The van der Waals surface area contributed by atoms with Gasteiger partial charge in [-0.1, -0.05) is 30.0 Å². The zero-order valence-electron chi connectivity index (χ0n) is 15.9. The van der Waals surface area contributed by atoms with Crippen LogP contribution in [0.3, 0.4) is 0 Å². The highest BCUT2D eigenvalue weighted by Crippen LogP contribution is 2.34. The number of hydrogen-bond donors (Lipinski definition) is 2. The van der Waals surface area contributed by atoms with E-state index in [1.165, 1.54) is 16.7 Å². The second-order valence-corrected chi connectivity index (χ2v) is 7.73. The highest BCUT2D eigenvalue weighted by atomic mass is 32.2. The molecule has 1 saturated heterocycles. The standard InChI is InChI=1S/C19H20N4O4S2/c1-26-14-4-3-12(7-15(14)27-2)8-16-18(25)23(19(28)29-16)10-17(24)21-6-5-13-9-20-11-22-13/h3-4,7-9,11H,5-6,10H2,1-2H3,(H,20,22)(H,21,24). The van der Waals surface area contributed by atoms with Crippen LogP contribution < -0.4 is 14.8 Å². The fraction of sp³-hybridized carbons (Fsp3) is 0.263. The van der Waals surface area contributed by atoms with Gasteiger partial charge in [0.05, 0.1) is 25.5 Å². The van der Waals surface area contributed by atoms with Gasteiger partial charge in [-0.3, -0.25) is 14.5 Å². The van der Waals surface area contributed by atoms with Crippen LogP contribution in [0.2, 0.25) is 0 Å². The van der Waals surface area contributed by atoms with Gasteiger partial charge in [0.1, 0.15) is 10.9 Å². The van der Waals surface area contributed by atoms with Crippen LogP contribution in [0.1, 0.15) is 11.3 Å². The topological polar surface area (TPSA) is 96.5 Å². The molecule has 0 saturated carbocycles. The third-order valence-corrected chi connectivity index (χ3v) is 5.53. The van der Waals surface area contributed by atoms with Crippen molar-refractivity contribution in [2.24, 2.45) is 0 Å². The molecule has 2 amide bonds. The molecule has 0 spiro atoms. The summed E-state index contributed by atoms with van der Waals surface area (Å²) in [6.45, 7) is 0.328. The Balaban J connectivity index is 1.61. The molecular weight excluding hydrogens is 412 g/mol. The molecule has 3 rings (SSSR count). The van der Waals surface area contributed by atoms with Crippen molar-refractivity contribution in [2.45, 2.75) is 6.42 Å². The molecule has 10 heteroatoms. The minimum Gasteiger partial charge on any atom is -0.493 e. The molecule has 152 valence electrons. The van der Waals surface area contributed by atoms with Gasteiger partial charge in [-0.15, -0.1) is 0 Å². The van der Waals surface area contributed by atoms with Gasteiger partial charge in [0.25, 0.3) is 5.91 Å². The van der Waals surface area contributed by atoms with Gasteiger partial charge in [-0.05, 0) is 23.8 Å². The van der Waals surface area contributed by atoms with Crippen LogP contribution in [-0.4, -0.2) is 58.3 Å². The van der Waals surface area contributed by atoms with E-state index < -0.39 is 0 Å². The highest BCUT2D eigenvalue weighted by molar-refractivity contribution is 8.26. The Morgan fingerprint density at radius 2 is 2.14 bits per heavy atom. The van der Waals surface area contributed by atoms with Gasteiger partial charge >= 0.3 is 0 Å². The minimum atomic E-state index is -0.293. The normalized spacial score (nSPS) is 15.1. The van der Waals surface area contributed by atoms with Crippen LogP contribution in [0.25, 0.3) is 6.08 Å². The number of methoxy groups -OCH3 is 2. The average molecular weight is 433 g/mol. The number of nitrogens with zero attached hydrogens (tertiary/aromatic N) is 2. The quantitative estimate of drug-likeness (QED) is 0.486. The molecular formula is C19H20N4O4S2. The van der Waals surface area contributed by atoms with E-state index in [0.717, 1.165) is 11.3 Å². The number of carbonyl (C=O) groups is 2. The first-order valence-electron chi connectivity index (χ1n) is 8.73. The van der Waals surface area contributed by atoms with Crippen molar-refractivity contribution in [1.82, 2.24) is 20.2 Å². The summed E-state index contributed by atoms with van der Waals surface area (Å²) in [5.74, 6) is 0.601. The first-order valence-corrected chi connectivity index (χ1v) is 9.95. The van der Waals surface area contributed by atoms with E-state index >= 15 is 0 Å². The second kappa shape index (κ2) is 9.57. The molecule has 0 unspecified atom stereocenters. The molecule has 0 radical (unpaired) electrons. The van der Waals surface area contributed by atoms with Crippen molar-refractivity contribution in [3.05, 3.63) is 46.9 Å². The maximum atomic E-state index is 12.7. The fourth-order valence-electron chi connectivity index (χ4n) is 2.69. The summed E-state index contributed by atoms with van der Waals surface area (Å²) in [5, 5.41) is 2.78. The Labute approximate surface area is 177 Å². The smallest absolute Gasteiger partial charge is 0.266 e. The van der Waals surface area contributed by atoms with Crippen molar-refractivity contribution >= 4 is 46.2 Å². The molecule has 0 atom stereocenters. The second-order valence-electron chi connectivity index (χ2n) is 6.06. The van der Waals surface area contributed by atoms with Crippen LogP contribution in [-0.2, 0) is 16.0 Å². The third kappa shape index (κ3) is 5.15. The van der Waals surface area contributed by atoms with E-state index in [4.69, 9.17) is 21.7 Å². The van der Waals surface area contributed by atoms with E-state index in [1.54, 1.807) is 45.0 Å². The van der Waals surface area contributed by atoms with Crippen molar-refractivity contribution < 1.29 is 19.1 Å². The molecule has 0 bridgehead atoms. The molecule has 2 aromatic rings. The number of benzene rings is 1. The first kappa shape index (κ1) is 20.9. The monoisotopic (exact) mass is 432 g/mol. The van der Waals surface area contributed by atoms with Crippen LogP contribution >= 0.6 is 24.0 Å². The highest BCUT2D eigenvalue weighted by Gasteiger charge is 2.33. The summed E-state index contributed by atoms with van der Waals surface area (Å²) >= 11 is 6.45. The van der Waals surface area contributed by atoms with Gasteiger partial charge in [0, 0.05) is 24.9 Å². The number of thioether (sulfide) groups is 1. The van der Waals surface area contributed by atoms with Crippen LogP contribution in [0.5, 0.6) is 11.5 Å². The maximum absolute atomic E-state index is 12.7. The van der Waals surface area contributed by atoms with E-state index in [9.17, 15) is 9.59 Å². The van der Waals surface area contributed by atoms with E-state index in [1.807, 2.05) is 6.07 Å². The molecule has 1 aliphatic rings. The predicted octanol–water partition coefficient (Wildman–Crippen LogP) is 1.99. The number of ether oxygens (including phenoxy) is 2. The number of amides is 2. The number of aromatic nitrogens is 2. The van der Waals surface area contributed by atoms with Gasteiger partial charge in [-0.2, -0.15) is 0 Å². The van der Waals surface area contributed by atoms with Crippen molar-refractivity contribution in [1.29, 1.82) is 0 Å². The zero-order chi connectivity index (χ0) is 20.8. The van der Waals surface area contributed by atoms with E-state index in [0.29, 0.717) is 33.7 Å². The fourth-order valence-corrected chi connectivity index (χ4v) is 3.94. The zero-order valence-corrected chi connectivity index (χ0v) is 17.6. The molecule has 8 nitrogen and oxygen atoms in total. The lowest BCUT2D eigenvalue weighted by Crippen LogP contribution is -2.40. The van der Waals surface area contributed by atoms with Crippen molar-refractivity contribution in [2.75, 3.05) is 27.3 Å². The molecule has 1 fully saturated rings. The summed E-state index contributed by atoms with van der Waals surface area (Å²) < 4.78 is 10.9. The largest absolute Gasteiger partial charge is 0.493 e. The summed E-state index contributed by atoms with van der Waals surface area (Å²) in [5.41, 5.74) is 1.70. The van der Waals surface area contributed by atoms with Gasteiger partial charge in [-0.25, -0.2) is 4.98 Å². The Morgan fingerprint density at radius 1 is 1.34 bits per heavy atom. The molecule has 2 heterocycles. The van der Waals surface area contributed by atoms with Crippen LogP contribution in [0, 0.1) is 0 Å². The molecule has 2 N–H and O–H groups in total. The average Bonchev–Trinajstić information content (AvgIpc) is 3.32. The van der Waals surface area contributed by atoms with Gasteiger partial charge in [0.2, 0.25) is 5.91 Å². The molecule has 1 aromatic heterocycles. The number of H-pyrrole nitrogens is 1. The Hall–Kier alpha value is -2.85. The van der Waals surface area contributed by atoms with Crippen LogP contribution in [0.15, 0.2) is 35.6 Å². The summed E-state index contributed by atoms with van der Waals surface area (Å²) in [6, 6.07) is 5.35. The first-order chi connectivity index (χ1) is 14.0. The van der Waals surface area contributed by atoms with E-state index in [-0.39, 0.29) is 18.4 Å². The maximum Gasteiger partial charge on any atom is 0.266 e. The molecule has 0 aliphatic carbocycles. The summed E-state index contributed by atoms with van der Waals surface area (Å²) in [7, 11) is 3.11. The Bertz CT molecular complexity index is 944. The summed E-state index contributed by atoms with van der Waals surface area (Å²) in [6.07, 6.45) is 5.63. The number of thiocarbonyl (C=S) groups is 1. The van der Waals surface area contributed by atoms with Crippen LogP contribution in [0.4, 0.5) is 0 Å². The number of nitrogens with one attached hydrogen (secondary N) is 2. The van der Waals surface area contributed by atoms with Gasteiger partial charge in [0.15, 0.2) is 11.5 Å². The molecule has 29 heavy (non-hydrogen) atoms. The number of imidazole rings is 1.